The number of hydrogen-bond donors (Lipinski definition) is 3. The quantitative estimate of drug-likeness (QED) is 0.388. The third-order valence-corrected chi connectivity index (χ3v) is 5.45. The lowest BCUT2D eigenvalue weighted by molar-refractivity contribution is -0.124. The van der Waals surface area contributed by atoms with Crippen molar-refractivity contribution in [3.63, 3.8) is 0 Å². The summed E-state index contributed by atoms with van der Waals surface area (Å²) >= 11 is 6.92. The van der Waals surface area contributed by atoms with Gasteiger partial charge in [-0.15, -0.1) is 0 Å². The fraction of sp³-hybridized carbons (Fsp3) is 0.286. The number of benzene rings is 2. The number of carbonyl (C=O) groups excluding carboxylic acids is 2. The summed E-state index contributed by atoms with van der Waals surface area (Å²) in [6.45, 7) is -0.336. The Morgan fingerprint density at radius 1 is 1.12 bits per heavy atom. The molecule has 0 fully saturated rings. The van der Waals surface area contributed by atoms with Crippen LogP contribution in [0.4, 0.5) is 4.39 Å². The fourth-order valence-electron chi connectivity index (χ4n) is 2.57. The number of ether oxygens (including phenoxy) is 2. The van der Waals surface area contributed by atoms with E-state index in [0.29, 0.717) is 5.19 Å². The fourth-order valence-corrected chi connectivity index (χ4v) is 3.50. The molecule has 1 aromatic heterocycles. The molecule has 170 valence electrons. The number of aliphatic hydroxyl groups excluding tert-OH is 1. The molecule has 1 heterocycles. The summed E-state index contributed by atoms with van der Waals surface area (Å²) in [5, 5.41) is 15.4. The van der Waals surface area contributed by atoms with Gasteiger partial charge in [-0.25, -0.2) is 9.37 Å². The lowest BCUT2D eigenvalue weighted by Gasteiger charge is -2.13. The summed E-state index contributed by atoms with van der Waals surface area (Å²) < 4.78 is 24.8. The smallest absolute Gasteiger partial charge is 0.274 e. The van der Waals surface area contributed by atoms with E-state index in [1.165, 1.54) is 23.5 Å². The lowest BCUT2D eigenvalue weighted by atomic mass is 10.2. The van der Waals surface area contributed by atoms with Crippen molar-refractivity contribution in [3.8, 4) is 10.9 Å². The maximum atomic E-state index is 13.3. The van der Waals surface area contributed by atoms with Crippen LogP contribution in [0.2, 0.25) is 5.02 Å². The highest BCUT2D eigenvalue weighted by Gasteiger charge is 2.11. The molecule has 2 amide bonds. The summed E-state index contributed by atoms with van der Waals surface area (Å²) in [6.07, 6.45) is -0.631. The predicted octanol–water partition coefficient (Wildman–Crippen LogP) is 2.53. The molecule has 32 heavy (non-hydrogen) atoms. The molecular weight excluding hydrogens is 461 g/mol. The van der Waals surface area contributed by atoms with Gasteiger partial charge >= 0.3 is 0 Å². The lowest BCUT2D eigenvalue weighted by Crippen LogP contribution is -2.37. The Morgan fingerprint density at radius 3 is 2.66 bits per heavy atom. The average molecular weight is 482 g/mol. The standard InChI is InChI=1S/C21H21ClFN3O5S/c22-15-6-5-14(9-16(15)23)30-11-19(28)24-8-7-13(27)10-25-20(29)12-31-21-26-17-3-1-2-4-18(17)32-21/h1-6,9,13,27H,7-8,10-12H2,(H,24,28)(H,25,29)/t13-/m0/s1. The highest BCUT2D eigenvalue weighted by atomic mass is 35.5. The highest BCUT2D eigenvalue weighted by Crippen LogP contribution is 2.27. The van der Waals surface area contributed by atoms with E-state index in [0.717, 1.165) is 16.3 Å². The first-order chi connectivity index (χ1) is 15.4. The number of carbonyl (C=O) groups is 2. The van der Waals surface area contributed by atoms with Crippen LogP contribution in [0, 0.1) is 5.82 Å². The van der Waals surface area contributed by atoms with E-state index in [2.05, 4.69) is 15.6 Å². The number of amides is 2. The molecule has 11 heteroatoms. The van der Waals surface area contributed by atoms with Gasteiger partial charge in [0.15, 0.2) is 13.2 Å². The SMILES string of the molecule is O=C(COc1ccc(Cl)c(F)c1)NCC[C@H](O)CNC(=O)COc1nc2ccccc2s1. The van der Waals surface area contributed by atoms with Crippen molar-refractivity contribution in [1.82, 2.24) is 15.6 Å². The number of para-hydroxylation sites is 1. The molecule has 3 aromatic rings. The molecule has 0 aliphatic rings. The van der Waals surface area contributed by atoms with Crippen LogP contribution < -0.4 is 20.1 Å². The maximum Gasteiger partial charge on any atom is 0.274 e. The van der Waals surface area contributed by atoms with Gasteiger partial charge in [-0.05, 0) is 30.7 Å². The van der Waals surface area contributed by atoms with Gasteiger partial charge in [0.05, 0.1) is 21.3 Å². The number of halogens is 2. The highest BCUT2D eigenvalue weighted by molar-refractivity contribution is 7.20. The van der Waals surface area contributed by atoms with E-state index in [4.69, 9.17) is 21.1 Å². The molecule has 8 nitrogen and oxygen atoms in total. The molecule has 0 spiro atoms. The number of aliphatic hydroxyl groups is 1. The average Bonchev–Trinajstić information content (AvgIpc) is 3.20. The van der Waals surface area contributed by atoms with Crippen LogP contribution in [0.3, 0.4) is 0 Å². The molecule has 0 aliphatic carbocycles. The summed E-state index contributed by atoms with van der Waals surface area (Å²) in [7, 11) is 0. The Kier molecular flexibility index (Phi) is 8.60. The number of rotatable bonds is 11. The molecule has 0 unspecified atom stereocenters. The molecule has 2 aromatic carbocycles. The minimum atomic E-state index is -0.854. The van der Waals surface area contributed by atoms with Gasteiger partial charge in [0.1, 0.15) is 11.6 Å². The molecule has 0 radical (unpaired) electrons. The van der Waals surface area contributed by atoms with Crippen molar-refractivity contribution in [1.29, 1.82) is 0 Å². The zero-order valence-electron chi connectivity index (χ0n) is 16.8. The Labute approximate surface area is 192 Å². The number of hydrogen-bond acceptors (Lipinski definition) is 7. The van der Waals surface area contributed by atoms with Crippen LogP contribution >= 0.6 is 22.9 Å². The molecular formula is C21H21ClFN3O5S. The van der Waals surface area contributed by atoms with Gasteiger partial charge < -0.3 is 25.2 Å². The van der Waals surface area contributed by atoms with Gasteiger partial charge in [0, 0.05) is 19.2 Å². The summed E-state index contributed by atoms with van der Waals surface area (Å²) in [5.74, 6) is -1.28. The minimum absolute atomic E-state index is 0.0124. The zero-order valence-corrected chi connectivity index (χ0v) is 18.4. The maximum absolute atomic E-state index is 13.3. The Hall–Kier alpha value is -2.95. The number of thiazole rings is 1. The Balaban J connectivity index is 1.27. The first-order valence-corrected chi connectivity index (χ1v) is 10.9. The third kappa shape index (κ3) is 7.33. The molecule has 0 saturated heterocycles. The van der Waals surface area contributed by atoms with E-state index in [1.807, 2.05) is 24.3 Å². The van der Waals surface area contributed by atoms with Crippen molar-refractivity contribution < 1.29 is 28.6 Å². The summed E-state index contributed by atoms with van der Waals surface area (Å²) in [5.41, 5.74) is 0.802. The van der Waals surface area contributed by atoms with Crippen LogP contribution in [-0.4, -0.2) is 54.3 Å². The second-order valence-corrected chi connectivity index (χ2v) is 8.10. The molecule has 0 aliphatic heterocycles. The number of fused-ring (bicyclic) bond motifs is 1. The van der Waals surface area contributed by atoms with Crippen molar-refractivity contribution in [2.75, 3.05) is 26.3 Å². The van der Waals surface area contributed by atoms with Crippen LogP contribution in [0.15, 0.2) is 42.5 Å². The van der Waals surface area contributed by atoms with E-state index in [9.17, 15) is 19.1 Å². The first-order valence-electron chi connectivity index (χ1n) is 9.68. The number of aromatic nitrogens is 1. The van der Waals surface area contributed by atoms with Gasteiger partial charge in [0.25, 0.3) is 17.0 Å². The van der Waals surface area contributed by atoms with Crippen molar-refractivity contribution in [3.05, 3.63) is 53.3 Å². The summed E-state index contributed by atoms with van der Waals surface area (Å²) in [4.78, 5) is 27.9. The minimum Gasteiger partial charge on any atom is -0.484 e. The van der Waals surface area contributed by atoms with E-state index in [-0.39, 0.29) is 43.5 Å². The van der Waals surface area contributed by atoms with Crippen molar-refractivity contribution in [2.45, 2.75) is 12.5 Å². The molecule has 0 saturated carbocycles. The van der Waals surface area contributed by atoms with Crippen LogP contribution in [-0.2, 0) is 9.59 Å². The monoisotopic (exact) mass is 481 g/mol. The van der Waals surface area contributed by atoms with Crippen LogP contribution in [0.5, 0.6) is 10.9 Å². The Morgan fingerprint density at radius 2 is 1.88 bits per heavy atom. The predicted molar refractivity (Wildman–Crippen MR) is 119 cm³/mol. The topological polar surface area (TPSA) is 110 Å². The van der Waals surface area contributed by atoms with Gasteiger partial charge in [-0.3, -0.25) is 9.59 Å². The number of nitrogens with one attached hydrogen (secondary N) is 2. The van der Waals surface area contributed by atoms with Crippen molar-refractivity contribution >= 4 is 45.0 Å². The van der Waals surface area contributed by atoms with E-state index >= 15 is 0 Å². The molecule has 3 rings (SSSR count). The first kappa shape index (κ1) is 23.7. The molecule has 3 N–H and O–H groups in total. The molecule has 0 bridgehead atoms. The van der Waals surface area contributed by atoms with Gasteiger partial charge in [0.2, 0.25) is 0 Å². The summed E-state index contributed by atoms with van der Waals surface area (Å²) in [6, 6.07) is 11.4. The normalized spacial score (nSPS) is 11.7. The zero-order chi connectivity index (χ0) is 22.9. The third-order valence-electron chi connectivity index (χ3n) is 4.20. The van der Waals surface area contributed by atoms with E-state index in [1.54, 1.807) is 0 Å². The molecule has 1 atom stereocenters. The van der Waals surface area contributed by atoms with Gasteiger partial charge in [-0.2, -0.15) is 0 Å². The van der Waals surface area contributed by atoms with Crippen molar-refractivity contribution in [2.24, 2.45) is 0 Å². The Bertz CT molecular complexity index is 1050. The van der Waals surface area contributed by atoms with Crippen LogP contribution in [0.25, 0.3) is 10.2 Å². The second kappa shape index (κ2) is 11.6. The largest absolute Gasteiger partial charge is 0.484 e. The van der Waals surface area contributed by atoms with Gasteiger partial charge in [-0.1, -0.05) is 35.1 Å². The number of nitrogens with zero attached hydrogens (tertiary/aromatic N) is 1. The van der Waals surface area contributed by atoms with E-state index < -0.39 is 23.7 Å². The van der Waals surface area contributed by atoms with Crippen LogP contribution in [0.1, 0.15) is 6.42 Å². The second-order valence-electron chi connectivity index (χ2n) is 6.70.